The number of aliphatic hydroxyl groups is 3. The highest BCUT2D eigenvalue weighted by Gasteiger charge is 2.60. The molecule has 362 valence electrons. The van der Waals surface area contributed by atoms with Gasteiger partial charge in [0.15, 0.2) is 12.9 Å². The quantitative estimate of drug-likeness (QED) is 0.0559. The zero-order valence-electron chi connectivity index (χ0n) is 37.3. The summed E-state index contributed by atoms with van der Waals surface area (Å²) in [6.07, 6.45) is -4.77. The first-order valence-electron chi connectivity index (χ1n) is 20.9. The Morgan fingerprint density at radius 1 is 0.984 bits per heavy atom. The lowest BCUT2D eigenvalue weighted by Crippen LogP contribution is -2.49. The molecule has 3 heterocycles. The largest absolute Gasteiger partial charge is 0.456 e. The predicted molar refractivity (Wildman–Crippen MR) is 225 cm³/mol. The summed E-state index contributed by atoms with van der Waals surface area (Å²) in [6, 6.07) is -0.111. The maximum Gasteiger partial charge on any atom is 0.351 e. The summed E-state index contributed by atoms with van der Waals surface area (Å²) in [5.74, 6) is -8.87. The lowest BCUT2D eigenvalue weighted by Gasteiger charge is -2.30. The molecule has 1 unspecified atom stereocenters. The van der Waals surface area contributed by atoms with Crippen molar-refractivity contribution in [3.05, 3.63) is 22.7 Å². The van der Waals surface area contributed by atoms with Crippen LogP contribution in [0.25, 0.3) is 0 Å². The Hall–Kier alpha value is -3.97. The highest BCUT2D eigenvalue weighted by molar-refractivity contribution is 7.99. The number of aromatic nitrogens is 2. The number of Topliss-reactive ketones (excluding diaryl/α,β-unsaturated/α-hetero) is 1. The molecule has 1 aromatic heterocycles. The summed E-state index contributed by atoms with van der Waals surface area (Å²) >= 11 is 1.18. The minimum Gasteiger partial charge on any atom is -0.456 e. The maximum absolute atomic E-state index is 14.7. The SMILES string of the molecule is CC(C)(CCOC(C)(C)CCC(=O)C(C)(C)C)OCCC(=O)N[C@H](CSCC1O[C@H](O)C[C@@H]1O)C(=O)NCCC(=O)OCC(=O)Nc1ccn([C@@H]2O[C@H](CO)[C@@H](C=O)C2(F)F)c(=O)n1. The third-order valence-electron chi connectivity index (χ3n) is 10.4. The lowest BCUT2D eigenvalue weighted by atomic mass is 9.86. The molecular weight excluding hydrogens is 873 g/mol. The van der Waals surface area contributed by atoms with Crippen molar-refractivity contribution in [3.8, 4) is 0 Å². The van der Waals surface area contributed by atoms with Gasteiger partial charge in [0.25, 0.3) is 5.91 Å². The molecule has 3 amide bonds. The maximum atomic E-state index is 14.7. The van der Waals surface area contributed by atoms with Crippen LogP contribution in [0.2, 0.25) is 0 Å². The Kier molecular flexibility index (Phi) is 20.4. The Morgan fingerprint density at radius 3 is 2.25 bits per heavy atom. The van der Waals surface area contributed by atoms with Crippen molar-refractivity contribution >= 4 is 53.3 Å². The lowest BCUT2D eigenvalue weighted by molar-refractivity contribution is -0.147. The zero-order valence-corrected chi connectivity index (χ0v) is 38.1. The minimum absolute atomic E-state index is 0.0185. The number of anilines is 1. The smallest absolute Gasteiger partial charge is 0.351 e. The fourth-order valence-electron chi connectivity index (χ4n) is 6.34. The van der Waals surface area contributed by atoms with E-state index in [1.54, 1.807) is 0 Å². The number of thioether (sulfide) groups is 1. The normalized spacial score (nSPS) is 22.7. The highest BCUT2D eigenvalue weighted by Crippen LogP contribution is 2.45. The number of aliphatic hydroxyl groups excluding tert-OH is 3. The van der Waals surface area contributed by atoms with Crippen LogP contribution < -0.4 is 21.6 Å². The Bertz CT molecular complexity index is 1830. The Labute approximate surface area is 374 Å². The third-order valence-corrected chi connectivity index (χ3v) is 11.5. The molecule has 0 spiro atoms. The first-order valence-corrected chi connectivity index (χ1v) is 22.1. The van der Waals surface area contributed by atoms with Gasteiger partial charge in [0.1, 0.15) is 29.8 Å². The number of carbonyl (C=O) groups excluding carboxylic acids is 6. The molecule has 2 saturated heterocycles. The van der Waals surface area contributed by atoms with Crippen LogP contribution in [0.4, 0.5) is 14.6 Å². The molecule has 7 atom stereocenters. The van der Waals surface area contributed by atoms with E-state index in [0.717, 1.165) is 12.3 Å². The van der Waals surface area contributed by atoms with Gasteiger partial charge in [-0.2, -0.15) is 16.7 Å². The number of ketones is 1. The van der Waals surface area contributed by atoms with Crippen LogP contribution in [0.5, 0.6) is 0 Å². The van der Waals surface area contributed by atoms with Crippen molar-refractivity contribution in [1.29, 1.82) is 0 Å². The second-order valence-corrected chi connectivity index (χ2v) is 18.9. The molecular formula is C41H63F2N5O15S. The van der Waals surface area contributed by atoms with Crippen LogP contribution in [0, 0.1) is 11.3 Å². The van der Waals surface area contributed by atoms with Crippen LogP contribution in [-0.4, -0.2) is 153 Å². The summed E-state index contributed by atoms with van der Waals surface area (Å²) in [5.41, 5.74) is -2.89. The number of halogens is 2. The molecule has 2 aliphatic heterocycles. The summed E-state index contributed by atoms with van der Waals surface area (Å²) in [5, 5.41) is 36.5. The molecule has 23 heteroatoms. The topological polar surface area (TPSA) is 280 Å². The molecule has 0 saturated carbocycles. The number of ether oxygens (including phenoxy) is 5. The first-order chi connectivity index (χ1) is 29.8. The van der Waals surface area contributed by atoms with Gasteiger partial charge in [-0.15, -0.1) is 0 Å². The van der Waals surface area contributed by atoms with Crippen LogP contribution in [0.1, 0.15) is 93.2 Å². The van der Waals surface area contributed by atoms with Crippen LogP contribution in [-0.2, 0) is 52.5 Å². The zero-order chi connectivity index (χ0) is 48.0. The molecule has 64 heavy (non-hydrogen) atoms. The van der Waals surface area contributed by atoms with Crippen LogP contribution >= 0.6 is 11.8 Å². The number of esters is 1. The fraction of sp³-hybridized carbons (Fsp3) is 0.756. The number of hydrogen-bond donors (Lipinski definition) is 6. The summed E-state index contributed by atoms with van der Waals surface area (Å²) < 4.78 is 57.1. The van der Waals surface area contributed by atoms with E-state index in [4.69, 9.17) is 23.7 Å². The molecule has 0 bridgehead atoms. The van der Waals surface area contributed by atoms with Crippen molar-refractivity contribution in [2.45, 2.75) is 141 Å². The van der Waals surface area contributed by atoms with E-state index >= 15 is 0 Å². The third kappa shape index (κ3) is 17.1. The van der Waals surface area contributed by atoms with E-state index in [-0.39, 0.29) is 55.4 Å². The van der Waals surface area contributed by atoms with E-state index in [9.17, 15) is 57.7 Å². The van der Waals surface area contributed by atoms with E-state index in [1.807, 2.05) is 48.5 Å². The average molecular weight is 936 g/mol. The highest BCUT2D eigenvalue weighted by atomic mass is 32.2. The molecule has 3 rings (SSSR count). The standard InChI is InChI=1S/C41H63F2N5O15S/c1-38(2,3)29(52)8-12-39(4,5)61-17-13-40(6,7)60-16-11-31(53)45-25(22-64-23-28-26(51)18-34(56)62-28)35(57)44-14-9-33(55)59-21-32(54)46-30-10-15-48(37(58)47-30)36-41(42,43)24(19-49)27(20-50)63-36/h10,15,19,24-28,34,36,50-51,56H,8-9,11-14,16-18,20-23H2,1-7H3,(H,44,57)(H,45,53)(H,46,47,54,58)/t24-,25-,26+,27-,28?,34+,36-/m1/s1. The first kappa shape index (κ1) is 54.4. The fourth-order valence-corrected chi connectivity index (χ4v) is 7.48. The molecule has 0 radical (unpaired) electrons. The van der Waals surface area contributed by atoms with Crippen LogP contribution in [0.15, 0.2) is 17.1 Å². The number of rotatable bonds is 26. The summed E-state index contributed by atoms with van der Waals surface area (Å²) in [6.45, 7) is 11.6. The van der Waals surface area contributed by atoms with E-state index in [0.29, 0.717) is 30.4 Å². The van der Waals surface area contributed by atoms with Gasteiger partial charge in [-0.05, 0) is 46.6 Å². The van der Waals surface area contributed by atoms with Crippen molar-refractivity contribution < 1.29 is 76.6 Å². The summed E-state index contributed by atoms with van der Waals surface area (Å²) in [4.78, 5) is 90.6. The van der Waals surface area contributed by atoms with E-state index < -0.39 is 114 Å². The van der Waals surface area contributed by atoms with Gasteiger partial charge in [0, 0.05) is 42.5 Å². The van der Waals surface area contributed by atoms with Crippen LogP contribution in [0.3, 0.4) is 0 Å². The molecule has 20 nitrogen and oxygen atoms in total. The Morgan fingerprint density at radius 2 is 1.66 bits per heavy atom. The number of aldehydes is 1. The van der Waals surface area contributed by atoms with Crippen molar-refractivity contribution in [2.24, 2.45) is 11.3 Å². The van der Waals surface area contributed by atoms with Gasteiger partial charge in [0.2, 0.25) is 18.0 Å². The van der Waals surface area contributed by atoms with Gasteiger partial charge in [-0.1, -0.05) is 20.8 Å². The summed E-state index contributed by atoms with van der Waals surface area (Å²) in [7, 11) is 0. The molecule has 2 fully saturated rings. The number of carbonyl (C=O) groups is 6. The predicted octanol–water partition coefficient (Wildman–Crippen LogP) is 1.02. The minimum atomic E-state index is -3.85. The van der Waals surface area contributed by atoms with Gasteiger partial charge < -0.3 is 59.7 Å². The average Bonchev–Trinajstić information content (AvgIpc) is 3.66. The van der Waals surface area contributed by atoms with Crippen molar-refractivity contribution in [1.82, 2.24) is 20.2 Å². The molecule has 0 aliphatic carbocycles. The Balaban J connectivity index is 1.45. The second-order valence-electron chi connectivity index (χ2n) is 17.8. The van der Waals surface area contributed by atoms with Crippen molar-refractivity contribution in [2.75, 3.05) is 49.8 Å². The number of nitrogens with zero attached hydrogens (tertiary/aromatic N) is 2. The molecule has 2 aliphatic rings. The molecule has 1 aromatic rings. The monoisotopic (exact) mass is 935 g/mol. The van der Waals surface area contributed by atoms with E-state index in [2.05, 4.69) is 20.9 Å². The van der Waals surface area contributed by atoms with Gasteiger partial charge >= 0.3 is 17.6 Å². The second kappa shape index (κ2) is 24.0. The molecule has 6 N–H and O–H groups in total. The van der Waals surface area contributed by atoms with E-state index in [1.165, 1.54) is 11.8 Å². The van der Waals surface area contributed by atoms with Crippen molar-refractivity contribution in [3.63, 3.8) is 0 Å². The molecule has 0 aromatic carbocycles. The number of hydrogen-bond acceptors (Lipinski definition) is 17. The van der Waals surface area contributed by atoms with Gasteiger partial charge in [-0.25, -0.2) is 13.6 Å². The number of amides is 3. The number of alkyl halides is 2. The van der Waals surface area contributed by atoms with Gasteiger partial charge in [0.05, 0.1) is 62.2 Å². The number of nitrogens with one attached hydrogen (secondary N) is 3. The van der Waals surface area contributed by atoms with Gasteiger partial charge in [-0.3, -0.25) is 28.5 Å².